The number of rotatable bonds is 2. The van der Waals surface area contributed by atoms with E-state index in [0.29, 0.717) is 6.54 Å². The maximum absolute atomic E-state index is 8.75. The van der Waals surface area contributed by atoms with Crippen LogP contribution >= 0.6 is 0 Å². The maximum atomic E-state index is 8.75. The first kappa shape index (κ1) is 11.6. The highest BCUT2D eigenvalue weighted by Crippen LogP contribution is 1.93. The number of aryl methyl sites for hydroxylation is 2. The molecule has 1 aromatic heterocycles. The van der Waals surface area contributed by atoms with Gasteiger partial charge in [-0.2, -0.15) is 4.57 Å². The van der Waals surface area contributed by atoms with Crippen molar-refractivity contribution in [2.75, 3.05) is 6.61 Å². The first-order valence-corrected chi connectivity index (χ1v) is 3.82. The predicted octanol–water partition coefficient (Wildman–Crippen LogP) is -2.41. The van der Waals surface area contributed by atoms with Crippen molar-refractivity contribution in [2.45, 2.75) is 20.4 Å². The Bertz CT molecular complexity index is 230. The highest BCUT2D eigenvalue weighted by molar-refractivity contribution is 5.00. The van der Waals surface area contributed by atoms with Crippen LogP contribution in [0.25, 0.3) is 0 Å². The van der Waals surface area contributed by atoms with E-state index in [0.717, 1.165) is 0 Å². The molecule has 0 aliphatic heterocycles. The third-order valence-corrected chi connectivity index (χ3v) is 1.85. The maximum Gasteiger partial charge on any atom is 0.178 e. The molecule has 0 saturated carbocycles. The molecule has 0 aliphatic carbocycles. The fraction of sp³-hybridized carbons (Fsp3) is 0.444. The highest BCUT2D eigenvalue weighted by Gasteiger charge is 2.06. The van der Waals surface area contributed by atoms with E-state index < -0.39 is 0 Å². The number of hydrogen-bond donors (Lipinski definition) is 1. The summed E-state index contributed by atoms with van der Waals surface area (Å²) in [5.41, 5.74) is 2.39. The molecule has 0 amide bonds. The van der Waals surface area contributed by atoms with Crippen LogP contribution < -0.4 is 21.5 Å². The number of nitrogens with zero attached hydrogens (tertiary/aromatic N) is 1. The third-order valence-electron chi connectivity index (χ3n) is 1.85. The summed E-state index contributed by atoms with van der Waals surface area (Å²) in [5, 5.41) is 8.75. The molecule has 0 atom stereocenters. The summed E-state index contributed by atoms with van der Waals surface area (Å²) in [6, 6.07) is 6.11. The lowest BCUT2D eigenvalue weighted by molar-refractivity contribution is -0.709. The zero-order valence-corrected chi connectivity index (χ0v) is 9.00. The second-order valence-corrected chi connectivity index (χ2v) is 2.68. The Morgan fingerprint density at radius 1 is 1.25 bits per heavy atom. The number of aliphatic hydroxyl groups is 1. The van der Waals surface area contributed by atoms with E-state index >= 15 is 0 Å². The average molecular weight is 232 g/mol. The van der Waals surface area contributed by atoms with Crippen molar-refractivity contribution in [2.24, 2.45) is 0 Å². The Hall–Kier alpha value is -0.410. The van der Waals surface area contributed by atoms with Crippen molar-refractivity contribution >= 4 is 0 Å². The topological polar surface area (TPSA) is 24.1 Å². The Balaban J connectivity index is 0.00000121. The molecule has 1 N–H and O–H groups in total. The van der Waals surface area contributed by atoms with E-state index in [2.05, 4.69) is 4.57 Å². The molecule has 0 radical (unpaired) electrons. The molecule has 0 spiro atoms. The Morgan fingerprint density at radius 2 is 1.75 bits per heavy atom. The van der Waals surface area contributed by atoms with E-state index in [1.54, 1.807) is 0 Å². The summed E-state index contributed by atoms with van der Waals surface area (Å²) >= 11 is 0. The van der Waals surface area contributed by atoms with Gasteiger partial charge < -0.3 is 22.1 Å². The minimum atomic E-state index is 0. The third kappa shape index (κ3) is 2.57. The lowest BCUT2D eigenvalue weighted by Gasteiger charge is -2.00. The van der Waals surface area contributed by atoms with Crippen LogP contribution in [0.3, 0.4) is 0 Å². The Kier molecular flexibility index (Phi) is 5.09. The summed E-state index contributed by atoms with van der Waals surface area (Å²) in [7, 11) is 0. The fourth-order valence-electron chi connectivity index (χ4n) is 1.24. The van der Waals surface area contributed by atoms with Crippen molar-refractivity contribution in [1.29, 1.82) is 0 Å². The number of halogens is 1. The summed E-state index contributed by atoms with van der Waals surface area (Å²) in [5.74, 6) is 0. The monoisotopic (exact) mass is 231 g/mol. The molecule has 1 rings (SSSR count). The molecule has 1 aromatic rings. The van der Waals surface area contributed by atoms with E-state index in [1.807, 2.05) is 32.0 Å². The molecular weight excluding hydrogens is 218 g/mol. The molecular formula is C9H14BrNO. The molecule has 1 heterocycles. The van der Waals surface area contributed by atoms with Crippen molar-refractivity contribution in [3.8, 4) is 0 Å². The lowest BCUT2D eigenvalue weighted by atomic mass is 10.3. The van der Waals surface area contributed by atoms with E-state index in [4.69, 9.17) is 5.11 Å². The van der Waals surface area contributed by atoms with Crippen LogP contribution in [-0.4, -0.2) is 11.7 Å². The van der Waals surface area contributed by atoms with Crippen molar-refractivity contribution in [3.63, 3.8) is 0 Å². The second-order valence-electron chi connectivity index (χ2n) is 2.68. The van der Waals surface area contributed by atoms with Gasteiger partial charge in [-0.05, 0) is 6.07 Å². The largest absolute Gasteiger partial charge is 1.00 e. The first-order valence-electron chi connectivity index (χ1n) is 3.82. The minimum Gasteiger partial charge on any atom is -1.00 e. The van der Waals surface area contributed by atoms with Gasteiger partial charge in [-0.1, -0.05) is 0 Å². The molecule has 0 saturated heterocycles. The van der Waals surface area contributed by atoms with Crippen LogP contribution in [0.15, 0.2) is 18.2 Å². The van der Waals surface area contributed by atoms with Gasteiger partial charge in [0.2, 0.25) is 0 Å². The first-order chi connectivity index (χ1) is 5.25. The Labute approximate surface area is 83.6 Å². The van der Waals surface area contributed by atoms with Crippen LogP contribution in [0, 0.1) is 13.8 Å². The van der Waals surface area contributed by atoms with Gasteiger partial charge in [0.1, 0.15) is 6.61 Å². The van der Waals surface area contributed by atoms with Crippen LogP contribution in [0.4, 0.5) is 0 Å². The van der Waals surface area contributed by atoms with Gasteiger partial charge in [-0.25, -0.2) is 0 Å². The smallest absolute Gasteiger partial charge is 0.178 e. The minimum absolute atomic E-state index is 0. The molecule has 0 aromatic carbocycles. The van der Waals surface area contributed by atoms with E-state index in [1.165, 1.54) is 11.4 Å². The number of aliphatic hydroxyl groups excluding tert-OH is 1. The van der Waals surface area contributed by atoms with E-state index in [-0.39, 0.29) is 23.6 Å². The van der Waals surface area contributed by atoms with Gasteiger partial charge >= 0.3 is 0 Å². The van der Waals surface area contributed by atoms with Gasteiger partial charge in [0.05, 0.1) is 0 Å². The molecule has 0 fully saturated rings. The standard InChI is InChI=1S/C9H14NO.BrH/c1-8-4-3-5-9(2)10(8)6-7-11;/h3-5,11H,6-7H2,1-2H3;1H/q+1;/p-1. The molecule has 0 aliphatic rings. The molecule has 0 bridgehead atoms. The average Bonchev–Trinajstić information content (AvgIpc) is 1.97. The SMILES string of the molecule is Cc1cccc(C)[n+]1CCO.[Br-]. The molecule has 2 nitrogen and oxygen atoms in total. The predicted molar refractivity (Wildman–Crippen MR) is 43.2 cm³/mol. The second kappa shape index (κ2) is 5.27. The normalized spacial score (nSPS) is 9.25. The number of hydrogen-bond acceptors (Lipinski definition) is 1. The van der Waals surface area contributed by atoms with Crippen LogP contribution in [0.1, 0.15) is 11.4 Å². The molecule has 3 heteroatoms. The molecule has 0 unspecified atom stereocenters. The van der Waals surface area contributed by atoms with Gasteiger partial charge in [-0.3, -0.25) is 0 Å². The van der Waals surface area contributed by atoms with E-state index in [9.17, 15) is 0 Å². The highest BCUT2D eigenvalue weighted by atomic mass is 79.9. The Morgan fingerprint density at radius 3 is 2.17 bits per heavy atom. The zero-order chi connectivity index (χ0) is 8.27. The van der Waals surface area contributed by atoms with Crippen LogP contribution in [-0.2, 0) is 6.54 Å². The van der Waals surface area contributed by atoms with Crippen molar-refractivity contribution in [1.82, 2.24) is 0 Å². The lowest BCUT2D eigenvalue weighted by Crippen LogP contribution is -3.00. The van der Waals surface area contributed by atoms with Gasteiger partial charge in [0, 0.05) is 26.0 Å². The molecule has 68 valence electrons. The van der Waals surface area contributed by atoms with Crippen LogP contribution in [0.2, 0.25) is 0 Å². The molecule has 12 heavy (non-hydrogen) atoms. The fourth-order valence-corrected chi connectivity index (χ4v) is 1.24. The van der Waals surface area contributed by atoms with Gasteiger partial charge in [-0.15, -0.1) is 0 Å². The van der Waals surface area contributed by atoms with Gasteiger partial charge in [0.15, 0.2) is 17.9 Å². The quantitative estimate of drug-likeness (QED) is 0.564. The summed E-state index contributed by atoms with van der Waals surface area (Å²) in [4.78, 5) is 0. The van der Waals surface area contributed by atoms with Crippen molar-refractivity contribution in [3.05, 3.63) is 29.6 Å². The van der Waals surface area contributed by atoms with Crippen molar-refractivity contribution < 1.29 is 26.7 Å². The zero-order valence-electron chi connectivity index (χ0n) is 7.42. The van der Waals surface area contributed by atoms with Crippen LogP contribution in [0.5, 0.6) is 0 Å². The number of aromatic nitrogens is 1. The summed E-state index contributed by atoms with van der Waals surface area (Å²) < 4.78 is 2.10. The van der Waals surface area contributed by atoms with Gasteiger partial charge in [0.25, 0.3) is 0 Å². The summed E-state index contributed by atoms with van der Waals surface area (Å²) in [6.45, 7) is 4.99. The summed E-state index contributed by atoms with van der Waals surface area (Å²) in [6.07, 6.45) is 0. The number of pyridine rings is 1.